The molecule has 0 spiro atoms. The Labute approximate surface area is 180 Å². The number of hydrogen-bond acceptors (Lipinski definition) is 7. The summed E-state index contributed by atoms with van der Waals surface area (Å²) in [6.45, 7) is 12.8. The van der Waals surface area contributed by atoms with E-state index in [-0.39, 0.29) is 11.8 Å². The van der Waals surface area contributed by atoms with Crippen LogP contribution in [-0.4, -0.2) is 51.9 Å². The zero-order valence-electron chi connectivity index (χ0n) is 18.1. The zero-order valence-corrected chi connectivity index (χ0v) is 18.9. The van der Waals surface area contributed by atoms with Crippen LogP contribution < -0.4 is 4.90 Å². The third-order valence-electron chi connectivity index (χ3n) is 5.21. The Morgan fingerprint density at radius 1 is 1.07 bits per heavy atom. The molecule has 0 aliphatic carbocycles. The van der Waals surface area contributed by atoms with Crippen LogP contribution in [0.3, 0.4) is 0 Å². The van der Waals surface area contributed by atoms with Crippen molar-refractivity contribution in [1.29, 1.82) is 0 Å². The van der Waals surface area contributed by atoms with E-state index in [0.29, 0.717) is 23.7 Å². The van der Waals surface area contributed by atoms with Crippen LogP contribution in [0.5, 0.6) is 0 Å². The summed E-state index contributed by atoms with van der Waals surface area (Å²) >= 11 is 1.40. The first-order chi connectivity index (χ1) is 14.3. The molecule has 1 saturated heterocycles. The first-order valence-corrected chi connectivity index (χ1v) is 11.1. The smallest absolute Gasteiger partial charge is 0.265 e. The van der Waals surface area contributed by atoms with Gasteiger partial charge in [0.1, 0.15) is 22.3 Å². The van der Waals surface area contributed by atoms with Gasteiger partial charge in [0.25, 0.3) is 5.91 Å². The molecule has 1 aliphatic heterocycles. The largest absolute Gasteiger partial charge is 0.459 e. The Kier molecular flexibility index (Phi) is 5.60. The third kappa shape index (κ3) is 4.09. The van der Waals surface area contributed by atoms with Crippen molar-refractivity contribution >= 4 is 23.1 Å². The molecule has 4 rings (SSSR count). The number of anilines is 1. The van der Waals surface area contributed by atoms with Crippen LogP contribution in [0.1, 0.15) is 52.4 Å². The Morgan fingerprint density at radius 2 is 1.80 bits per heavy atom. The molecule has 0 atom stereocenters. The van der Waals surface area contributed by atoms with Gasteiger partial charge in [-0.15, -0.1) is 11.3 Å². The average molecular weight is 426 g/mol. The predicted octanol–water partition coefficient (Wildman–Crippen LogP) is 4.20. The highest BCUT2D eigenvalue weighted by molar-refractivity contribution is 7.17. The van der Waals surface area contributed by atoms with Crippen molar-refractivity contribution in [2.45, 2.75) is 40.5 Å². The first kappa shape index (κ1) is 20.5. The molecule has 1 fully saturated rings. The summed E-state index contributed by atoms with van der Waals surface area (Å²) in [7, 11) is 0. The molecular weight excluding hydrogens is 398 g/mol. The van der Waals surface area contributed by atoms with Crippen molar-refractivity contribution in [3.63, 3.8) is 0 Å². The summed E-state index contributed by atoms with van der Waals surface area (Å²) in [6, 6.07) is 5.83. The molecule has 4 heterocycles. The van der Waals surface area contributed by atoms with Crippen molar-refractivity contribution in [3.8, 4) is 10.8 Å². The van der Waals surface area contributed by atoms with E-state index in [0.717, 1.165) is 46.9 Å². The van der Waals surface area contributed by atoms with Crippen LogP contribution in [0, 0.1) is 20.8 Å². The second-order valence-corrected chi connectivity index (χ2v) is 9.00. The SMILES string of the molecule is Cc1cc(N2CCN(C(=O)c3sc(-c4ccc(C)o4)nc3C)CC2)nc(C(C)C)n1. The predicted molar refractivity (Wildman–Crippen MR) is 118 cm³/mol. The fourth-order valence-corrected chi connectivity index (χ4v) is 4.52. The molecule has 1 amide bonds. The summed E-state index contributed by atoms with van der Waals surface area (Å²) in [5.41, 5.74) is 1.73. The van der Waals surface area contributed by atoms with Crippen molar-refractivity contribution in [1.82, 2.24) is 19.9 Å². The van der Waals surface area contributed by atoms with Crippen LogP contribution in [0.25, 0.3) is 10.8 Å². The fraction of sp³-hybridized carbons (Fsp3) is 0.455. The van der Waals surface area contributed by atoms with E-state index in [1.54, 1.807) is 0 Å². The van der Waals surface area contributed by atoms with Crippen molar-refractivity contribution in [3.05, 3.63) is 46.0 Å². The molecule has 3 aromatic rings. The van der Waals surface area contributed by atoms with E-state index in [2.05, 4.69) is 28.7 Å². The van der Waals surface area contributed by atoms with Gasteiger partial charge in [0.2, 0.25) is 0 Å². The maximum Gasteiger partial charge on any atom is 0.265 e. The normalized spacial score (nSPS) is 14.6. The van der Waals surface area contributed by atoms with Crippen LogP contribution >= 0.6 is 11.3 Å². The lowest BCUT2D eigenvalue weighted by Crippen LogP contribution is -2.49. The second-order valence-electron chi connectivity index (χ2n) is 8.00. The van der Waals surface area contributed by atoms with Gasteiger partial charge in [0.15, 0.2) is 10.8 Å². The van der Waals surface area contributed by atoms with Crippen molar-refractivity contribution in [2.24, 2.45) is 0 Å². The highest BCUT2D eigenvalue weighted by atomic mass is 32.1. The number of aryl methyl sites for hydroxylation is 3. The third-order valence-corrected chi connectivity index (χ3v) is 6.37. The Bertz CT molecular complexity index is 1060. The molecule has 0 saturated carbocycles. The van der Waals surface area contributed by atoms with E-state index in [1.165, 1.54) is 11.3 Å². The van der Waals surface area contributed by atoms with Gasteiger partial charge in [0, 0.05) is 43.9 Å². The van der Waals surface area contributed by atoms with Crippen molar-refractivity contribution < 1.29 is 9.21 Å². The number of carbonyl (C=O) groups excluding carboxylic acids is 1. The molecule has 0 bridgehead atoms. The Hall–Kier alpha value is -2.74. The van der Waals surface area contributed by atoms with E-state index >= 15 is 0 Å². The summed E-state index contributed by atoms with van der Waals surface area (Å²) in [5.74, 6) is 3.69. The summed E-state index contributed by atoms with van der Waals surface area (Å²) in [5, 5.41) is 0.750. The van der Waals surface area contributed by atoms with Gasteiger partial charge in [-0.2, -0.15) is 0 Å². The van der Waals surface area contributed by atoms with Gasteiger partial charge in [-0.3, -0.25) is 4.79 Å². The number of amides is 1. The van der Waals surface area contributed by atoms with Crippen molar-refractivity contribution in [2.75, 3.05) is 31.1 Å². The second kappa shape index (κ2) is 8.18. The number of piperazine rings is 1. The molecule has 7 nitrogen and oxygen atoms in total. The molecule has 158 valence electrons. The molecule has 30 heavy (non-hydrogen) atoms. The van der Waals surface area contributed by atoms with Gasteiger partial charge in [-0.1, -0.05) is 13.8 Å². The zero-order chi connectivity index (χ0) is 21.4. The number of thiazole rings is 1. The fourth-order valence-electron chi connectivity index (χ4n) is 3.53. The van der Waals surface area contributed by atoms with E-state index < -0.39 is 0 Å². The molecule has 0 radical (unpaired) electrons. The van der Waals surface area contributed by atoms with Gasteiger partial charge >= 0.3 is 0 Å². The molecule has 3 aromatic heterocycles. The molecule has 8 heteroatoms. The van der Waals surface area contributed by atoms with Crippen LogP contribution in [0.2, 0.25) is 0 Å². The first-order valence-electron chi connectivity index (χ1n) is 10.3. The van der Waals surface area contributed by atoms with Gasteiger partial charge in [-0.25, -0.2) is 15.0 Å². The van der Waals surface area contributed by atoms with E-state index in [1.807, 2.05) is 43.9 Å². The quantitative estimate of drug-likeness (QED) is 0.623. The molecule has 0 aromatic carbocycles. The molecule has 0 N–H and O–H groups in total. The van der Waals surface area contributed by atoms with Crippen LogP contribution in [-0.2, 0) is 0 Å². The number of rotatable bonds is 4. The number of hydrogen-bond donors (Lipinski definition) is 0. The minimum Gasteiger partial charge on any atom is -0.459 e. The number of furan rings is 1. The minimum atomic E-state index is 0.0425. The number of carbonyl (C=O) groups is 1. The Balaban J connectivity index is 1.46. The number of aromatic nitrogens is 3. The minimum absolute atomic E-state index is 0.0425. The standard InChI is InChI=1S/C22H27N5O2S/c1-13(2)20-23-14(3)12-18(25-20)26-8-10-27(11-9-26)22(28)19-16(5)24-21(30-19)17-7-6-15(4)29-17/h6-7,12-13H,8-11H2,1-5H3. The number of nitrogens with zero attached hydrogens (tertiary/aromatic N) is 5. The van der Waals surface area contributed by atoms with E-state index in [4.69, 9.17) is 9.40 Å². The Morgan fingerprint density at radius 3 is 2.43 bits per heavy atom. The van der Waals surface area contributed by atoms with Gasteiger partial charge in [-0.05, 0) is 32.9 Å². The summed E-state index contributed by atoms with van der Waals surface area (Å²) < 4.78 is 5.67. The van der Waals surface area contributed by atoms with Crippen LogP contribution in [0.15, 0.2) is 22.6 Å². The highest BCUT2D eigenvalue weighted by Gasteiger charge is 2.27. The topological polar surface area (TPSA) is 75.4 Å². The maximum absolute atomic E-state index is 13.1. The summed E-state index contributed by atoms with van der Waals surface area (Å²) in [6.07, 6.45) is 0. The lowest BCUT2D eigenvalue weighted by molar-refractivity contribution is 0.0750. The molecule has 1 aliphatic rings. The lowest BCUT2D eigenvalue weighted by Gasteiger charge is -2.35. The van der Waals surface area contributed by atoms with Gasteiger partial charge in [0.05, 0.1) is 5.69 Å². The monoisotopic (exact) mass is 425 g/mol. The lowest BCUT2D eigenvalue weighted by atomic mass is 10.2. The van der Waals surface area contributed by atoms with Crippen LogP contribution in [0.4, 0.5) is 5.82 Å². The maximum atomic E-state index is 13.1. The average Bonchev–Trinajstić information content (AvgIpc) is 3.32. The van der Waals surface area contributed by atoms with Gasteiger partial charge < -0.3 is 14.2 Å². The highest BCUT2D eigenvalue weighted by Crippen LogP contribution is 2.30. The molecule has 0 unspecified atom stereocenters. The summed E-state index contributed by atoms with van der Waals surface area (Å²) in [4.78, 5) is 31.8. The molecular formula is C22H27N5O2S. The van der Waals surface area contributed by atoms with E-state index in [9.17, 15) is 4.79 Å².